The maximum atomic E-state index is 11.7. The second-order valence-electron chi connectivity index (χ2n) is 4.65. The third-order valence-corrected chi connectivity index (χ3v) is 2.71. The molecular weight excluding hydrogens is 218 g/mol. The summed E-state index contributed by atoms with van der Waals surface area (Å²) < 4.78 is 1.56. The fourth-order valence-corrected chi connectivity index (χ4v) is 1.83. The van der Waals surface area contributed by atoms with E-state index in [1.165, 1.54) is 0 Å². The topological polar surface area (TPSA) is 89.1 Å². The summed E-state index contributed by atoms with van der Waals surface area (Å²) in [7, 11) is 0. The molecule has 17 heavy (non-hydrogen) atoms. The van der Waals surface area contributed by atoms with E-state index in [2.05, 4.69) is 28.9 Å². The molecular formula is C11H17N5O. The number of hydrogen-bond donors (Lipinski definition) is 2. The first-order valence-electron chi connectivity index (χ1n) is 5.73. The minimum atomic E-state index is -0.238. The fraction of sp³-hybridized carbons (Fsp3) is 0.545. The Kier molecular flexibility index (Phi) is 2.87. The van der Waals surface area contributed by atoms with Crippen LogP contribution in [0.3, 0.4) is 0 Å². The molecule has 0 radical (unpaired) electrons. The Morgan fingerprint density at radius 2 is 2.18 bits per heavy atom. The van der Waals surface area contributed by atoms with Crippen molar-refractivity contribution in [1.29, 1.82) is 0 Å². The van der Waals surface area contributed by atoms with Crippen LogP contribution in [0, 0.1) is 12.8 Å². The van der Waals surface area contributed by atoms with Crippen LogP contribution in [0.5, 0.6) is 0 Å². The molecule has 0 saturated heterocycles. The highest BCUT2D eigenvalue weighted by molar-refractivity contribution is 5.50. The molecule has 3 N–H and O–H groups in total. The average Bonchev–Trinajstić information content (AvgIpc) is 2.52. The standard InChI is InChI=1S/C11H17N5O/c1-6(2)4-5-8-13-7(3)9-10(17)14-11(12)15-16(8)9/h6H,4-5H2,1-3H3,(H3,12,14,15,17). The summed E-state index contributed by atoms with van der Waals surface area (Å²) in [6.45, 7) is 6.11. The van der Waals surface area contributed by atoms with E-state index < -0.39 is 0 Å². The number of hydrogen-bond acceptors (Lipinski definition) is 4. The first-order chi connectivity index (χ1) is 7.99. The number of aromatic amines is 1. The van der Waals surface area contributed by atoms with Crippen molar-refractivity contribution in [3.63, 3.8) is 0 Å². The highest BCUT2D eigenvalue weighted by Gasteiger charge is 2.13. The van der Waals surface area contributed by atoms with Crippen LogP contribution in [0.25, 0.3) is 5.52 Å². The molecule has 0 spiro atoms. The molecule has 92 valence electrons. The number of rotatable bonds is 3. The predicted octanol–water partition coefficient (Wildman–Crippen LogP) is 0.897. The number of nitrogens with one attached hydrogen (secondary N) is 1. The van der Waals surface area contributed by atoms with Gasteiger partial charge in [0.25, 0.3) is 5.56 Å². The Labute approximate surface area is 98.9 Å². The zero-order chi connectivity index (χ0) is 12.6. The highest BCUT2D eigenvalue weighted by Crippen LogP contribution is 2.11. The molecule has 2 heterocycles. The summed E-state index contributed by atoms with van der Waals surface area (Å²) in [6.07, 6.45) is 1.80. The lowest BCUT2D eigenvalue weighted by molar-refractivity contribution is 0.569. The molecule has 0 bridgehead atoms. The first-order valence-corrected chi connectivity index (χ1v) is 5.73. The zero-order valence-corrected chi connectivity index (χ0v) is 10.3. The molecule has 0 saturated carbocycles. The third-order valence-electron chi connectivity index (χ3n) is 2.71. The van der Waals surface area contributed by atoms with Gasteiger partial charge in [-0.05, 0) is 19.3 Å². The Bertz CT molecular complexity index is 596. The van der Waals surface area contributed by atoms with Gasteiger partial charge in [0.2, 0.25) is 5.95 Å². The molecule has 0 aliphatic carbocycles. The number of imidazole rings is 1. The largest absolute Gasteiger partial charge is 0.368 e. The van der Waals surface area contributed by atoms with Crippen molar-refractivity contribution in [2.45, 2.75) is 33.6 Å². The molecule has 0 amide bonds. The molecule has 0 aliphatic heterocycles. The van der Waals surface area contributed by atoms with Crippen LogP contribution >= 0.6 is 0 Å². The van der Waals surface area contributed by atoms with E-state index in [1.54, 1.807) is 11.4 Å². The summed E-state index contributed by atoms with van der Waals surface area (Å²) >= 11 is 0. The van der Waals surface area contributed by atoms with Gasteiger partial charge in [-0.1, -0.05) is 13.8 Å². The van der Waals surface area contributed by atoms with Crippen LogP contribution in [0.4, 0.5) is 5.95 Å². The number of aryl methyl sites for hydroxylation is 2. The fourth-order valence-electron chi connectivity index (χ4n) is 1.83. The smallest absolute Gasteiger partial charge is 0.278 e. The van der Waals surface area contributed by atoms with Crippen LogP contribution in [0.1, 0.15) is 31.8 Å². The Hall–Kier alpha value is -1.85. The molecule has 0 atom stereocenters. The Morgan fingerprint density at radius 3 is 2.82 bits per heavy atom. The van der Waals surface area contributed by atoms with E-state index in [0.717, 1.165) is 18.7 Å². The Balaban J connectivity index is 2.54. The molecule has 2 aromatic heterocycles. The van der Waals surface area contributed by atoms with Gasteiger partial charge in [0.1, 0.15) is 5.82 Å². The van der Waals surface area contributed by atoms with Crippen LogP contribution < -0.4 is 11.3 Å². The van der Waals surface area contributed by atoms with Crippen molar-refractivity contribution >= 4 is 11.5 Å². The Morgan fingerprint density at radius 1 is 1.47 bits per heavy atom. The summed E-state index contributed by atoms with van der Waals surface area (Å²) in [5.41, 5.74) is 6.48. The van der Waals surface area contributed by atoms with Crippen LogP contribution in [-0.4, -0.2) is 19.6 Å². The van der Waals surface area contributed by atoms with Crippen molar-refractivity contribution in [2.75, 3.05) is 5.73 Å². The van der Waals surface area contributed by atoms with Crippen molar-refractivity contribution < 1.29 is 0 Å². The van der Waals surface area contributed by atoms with Gasteiger partial charge in [-0.25, -0.2) is 9.50 Å². The maximum absolute atomic E-state index is 11.7. The van der Waals surface area contributed by atoms with Crippen molar-refractivity contribution in [2.24, 2.45) is 5.92 Å². The average molecular weight is 235 g/mol. The number of nitrogen functional groups attached to an aromatic ring is 1. The normalized spacial score (nSPS) is 11.5. The number of fused-ring (bicyclic) bond motifs is 1. The van der Waals surface area contributed by atoms with Gasteiger partial charge in [0.05, 0.1) is 5.69 Å². The van der Waals surface area contributed by atoms with Gasteiger partial charge in [-0.15, -0.1) is 5.10 Å². The van der Waals surface area contributed by atoms with Crippen LogP contribution in [0.2, 0.25) is 0 Å². The minimum absolute atomic E-state index is 0.116. The number of aromatic nitrogens is 4. The molecule has 6 heteroatoms. The SMILES string of the molecule is Cc1nc(CCC(C)C)n2nc(N)[nH]c(=O)c12. The molecule has 0 aromatic carbocycles. The maximum Gasteiger partial charge on any atom is 0.278 e. The molecule has 6 nitrogen and oxygen atoms in total. The van der Waals surface area contributed by atoms with Crippen molar-refractivity contribution in [3.05, 3.63) is 21.9 Å². The molecule has 2 aromatic rings. The second-order valence-corrected chi connectivity index (χ2v) is 4.65. The monoisotopic (exact) mass is 235 g/mol. The van der Waals surface area contributed by atoms with Gasteiger partial charge >= 0.3 is 0 Å². The van der Waals surface area contributed by atoms with Crippen LogP contribution in [-0.2, 0) is 6.42 Å². The van der Waals surface area contributed by atoms with E-state index in [4.69, 9.17) is 5.73 Å². The van der Waals surface area contributed by atoms with Crippen molar-refractivity contribution in [3.8, 4) is 0 Å². The van der Waals surface area contributed by atoms with E-state index in [1.807, 2.05) is 0 Å². The summed E-state index contributed by atoms with van der Waals surface area (Å²) in [5.74, 6) is 1.50. The lowest BCUT2D eigenvalue weighted by Crippen LogP contribution is -2.16. The van der Waals surface area contributed by atoms with Gasteiger partial charge in [0.15, 0.2) is 5.52 Å². The van der Waals surface area contributed by atoms with E-state index in [-0.39, 0.29) is 11.5 Å². The summed E-state index contributed by atoms with van der Waals surface area (Å²) in [5, 5.41) is 4.11. The first kappa shape index (κ1) is 11.6. The van der Waals surface area contributed by atoms with E-state index >= 15 is 0 Å². The molecule has 0 unspecified atom stereocenters. The number of anilines is 1. The quantitative estimate of drug-likeness (QED) is 0.827. The molecule has 0 fully saturated rings. The van der Waals surface area contributed by atoms with E-state index in [9.17, 15) is 4.79 Å². The lowest BCUT2D eigenvalue weighted by atomic mass is 10.1. The van der Waals surface area contributed by atoms with E-state index in [0.29, 0.717) is 17.1 Å². The summed E-state index contributed by atoms with van der Waals surface area (Å²) in [4.78, 5) is 18.6. The van der Waals surface area contributed by atoms with Gasteiger partial charge in [0, 0.05) is 6.42 Å². The minimum Gasteiger partial charge on any atom is -0.368 e. The van der Waals surface area contributed by atoms with Crippen LogP contribution in [0.15, 0.2) is 4.79 Å². The van der Waals surface area contributed by atoms with Gasteiger partial charge in [-0.3, -0.25) is 9.78 Å². The van der Waals surface area contributed by atoms with Crippen molar-refractivity contribution in [1.82, 2.24) is 19.6 Å². The van der Waals surface area contributed by atoms with Gasteiger partial charge in [-0.2, -0.15) is 0 Å². The number of nitrogens with zero attached hydrogens (tertiary/aromatic N) is 3. The highest BCUT2D eigenvalue weighted by atomic mass is 16.1. The number of nitrogens with two attached hydrogens (primary N) is 1. The zero-order valence-electron chi connectivity index (χ0n) is 10.3. The predicted molar refractivity (Wildman–Crippen MR) is 65.9 cm³/mol. The lowest BCUT2D eigenvalue weighted by Gasteiger charge is -2.03. The molecule has 0 aliphatic rings. The number of H-pyrrole nitrogens is 1. The summed E-state index contributed by atoms with van der Waals surface area (Å²) in [6, 6.07) is 0. The molecule has 2 rings (SSSR count). The second kappa shape index (κ2) is 4.20. The van der Waals surface area contributed by atoms with Gasteiger partial charge < -0.3 is 5.73 Å². The third kappa shape index (κ3) is 2.15.